The van der Waals surface area contributed by atoms with Crippen LogP contribution < -0.4 is 5.32 Å². The van der Waals surface area contributed by atoms with E-state index in [0.717, 1.165) is 44.1 Å². The van der Waals surface area contributed by atoms with Crippen LogP contribution in [0.25, 0.3) is 0 Å². The molecule has 4 aliphatic carbocycles. The van der Waals surface area contributed by atoms with Crippen molar-refractivity contribution in [2.24, 2.45) is 34.5 Å². The van der Waals surface area contributed by atoms with E-state index in [0.29, 0.717) is 31.9 Å². The number of hydrogen-bond donors (Lipinski definition) is 3. The number of carbonyl (C=O) groups excluding carboxylic acids is 4. The highest BCUT2D eigenvalue weighted by Crippen LogP contribution is 2.67. The highest BCUT2D eigenvalue weighted by atomic mass is 16.5. The Bertz CT molecular complexity index is 1490. The second-order valence-corrected chi connectivity index (χ2v) is 16.9. The van der Waals surface area contributed by atoms with E-state index < -0.39 is 35.5 Å². The first-order valence-corrected chi connectivity index (χ1v) is 19.0. The van der Waals surface area contributed by atoms with Gasteiger partial charge >= 0.3 is 5.97 Å². The summed E-state index contributed by atoms with van der Waals surface area (Å²) in [5, 5.41) is 26.6. The fourth-order valence-corrected chi connectivity index (χ4v) is 11.0. The van der Waals surface area contributed by atoms with Crippen molar-refractivity contribution in [2.45, 2.75) is 128 Å². The minimum atomic E-state index is -1.71. The van der Waals surface area contributed by atoms with Crippen LogP contribution in [0.3, 0.4) is 0 Å². The average Bonchev–Trinajstić information content (AvgIpc) is 3.37. The number of carbonyl (C=O) groups is 4. The van der Waals surface area contributed by atoms with Gasteiger partial charge in [-0.05, 0) is 98.5 Å². The van der Waals surface area contributed by atoms with Crippen molar-refractivity contribution >= 4 is 23.4 Å². The van der Waals surface area contributed by atoms with Gasteiger partial charge in [0.05, 0.1) is 18.6 Å². The third-order valence-corrected chi connectivity index (χ3v) is 14.0. The normalized spacial score (nSPS) is 38.0. The van der Waals surface area contributed by atoms with Gasteiger partial charge in [0.1, 0.15) is 5.60 Å². The monoisotopic (exact) mass is 691 g/mol. The first-order chi connectivity index (χ1) is 23.7. The molecule has 9 heteroatoms. The third kappa shape index (κ3) is 6.63. The molecule has 5 aliphatic rings. The molecule has 9 nitrogen and oxygen atoms in total. The van der Waals surface area contributed by atoms with Crippen molar-refractivity contribution in [1.82, 2.24) is 5.32 Å². The van der Waals surface area contributed by atoms with Crippen LogP contribution >= 0.6 is 0 Å². The van der Waals surface area contributed by atoms with Crippen molar-refractivity contribution in [3.05, 3.63) is 47.5 Å². The van der Waals surface area contributed by atoms with Crippen molar-refractivity contribution in [2.75, 3.05) is 19.8 Å². The maximum atomic E-state index is 13.6. The van der Waals surface area contributed by atoms with E-state index in [-0.39, 0.29) is 72.1 Å². The number of benzene rings is 1. The number of fused-ring (bicyclic) bond motifs is 5. The lowest BCUT2D eigenvalue weighted by Gasteiger charge is -2.60. The first-order valence-electron chi connectivity index (χ1n) is 19.0. The highest BCUT2D eigenvalue weighted by molar-refractivity contribution is 5.92. The van der Waals surface area contributed by atoms with Crippen LogP contribution in [0.5, 0.6) is 0 Å². The number of ketones is 2. The summed E-state index contributed by atoms with van der Waals surface area (Å²) >= 11 is 0. The summed E-state index contributed by atoms with van der Waals surface area (Å²) in [6.45, 7) is 9.02. The van der Waals surface area contributed by atoms with Gasteiger partial charge < -0.3 is 25.0 Å². The zero-order valence-corrected chi connectivity index (χ0v) is 30.4. The standard InChI is InChI=1S/C41H57NO8/c1-26(2)33-24-40(19-21-49-33,27-8-6-5-7-9-27)18-20-42-35(46)12-13-36(47)50-25-34(45)41(48)17-15-31-30-11-10-28-22-29(43)14-16-38(28,3)37(30)32(44)23-39(31,41)4/h5-9,22,26,30-33,37,44,48H,10-21,23-25H2,1-4H3,(H,42,46)/t30-,31-,32+,33+,37+,38+,39+,40-,41+/m1/s1. The van der Waals surface area contributed by atoms with Gasteiger partial charge in [0.2, 0.25) is 11.7 Å². The molecule has 1 heterocycles. The number of esters is 1. The summed E-state index contributed by atoms with van der Waals surface area (Å²) in [5.74, 6) is -0.747. The molecule has 1 aliphatic heterocycles. The molecule has 1 saturated heterocycles. The van der Waals surface area contributed by atoms with E-state index >= 15 is 0 Å². The smallest absolute Gasteiger partial charge is 0.306 e. The Morgan fingerprint density at radius 1 is 1.02 bits per heavy atom. The summed E-state index contributed by atoms with van der Waals surface area (Å²) < 4.78 is 11.4. The number of aliphatic hydroxyl groups excluding tert-OH is 1. The van der Waals surface area contributed by atoms with Crippen LogP contribution in [0.2, 0.25) is 0 Å². The van der Waals surface area contributed by atoms with Gasteiger partial charge in [0.15, 0.2) is 12.4 Å². The Balaban J connectivity index is 0.996. The van der Waals surface area contributed by atoms with Crippen molar-refractivity contribution in [3.63, 3.8) is 0 Å². The summed E-state index contributed by atoms with van der Waals surface area (Å²) in [4.78, 5) is 51.3. The maximum absolute atomic E-state index is 13.6. The molecule has 0 aromatic heterocycles. The molecule has 0 radical (unpaired) electrons. The minimum Gasteiger partial charge on any atom is -0.458 e. The Kier molecular flexibility index (Phi) is 10.5. The zero-order chi connectivity index (χ0) is 35.9. The number of rotatable bonds is 11. The maximum Gasteiger partial charge on any atom is 0.306 e. The van der Waals surface area contributed by atoms with Gasteiger partial charge in [0, 0.05) is 36.8 Å². The molecular formula is C41H57NO8. The number of amides is 1. The van der Waals surface area contributed by atoms with E-state index in [1.165, 1.54) is 5.56 Å². The molecule has 3 N–H and O–H groups in total. The van der Waals surface area contributed by atoms with Gasteiger partial charge in [0.25, 0.3) is 0 Å². The average molecular weight is 692 g/mol. The fourth-order valence-electron chi connectivity index (χ4n) is 11.0. The molecule has 1 amide bonds. The van der Waals surface area contributed by atoms with Crippen molar-refractivity contribution < 1.29 is 38.9 Å². The van der Waals surface area contributed by atoms with E-state index in [4.69, 9.17) is 9.47 Å². The third-order valence-electron chi connectivity index (χ3n) is 14.0. The number of ether oxygens (including phenoxy) is 2. The lowest BCUT2D eigenvalue weighted by molar-refractivity contribution is -0.184. The quantitative estimate of drug-likeness (QED) is 0.263. The van der Waals surface area contributed by atoms with Crippen LogP contribution in [-0.4, -0.2) is 71.2 Å². The molecule has 274 valence electrons. The van der Waals surface area contributed by atoms with E-state index in [1.54, 1.807) is 6.08 Å². The summed E-state index contributed by atoms with van der Waals surface area (Å²) in [6.07, 6.45) is 7.56. The molecule has 9 atom stereocenters. The highest BCUT2D eigenvalue weighted by Gasteiger charge is 2.68. The molecule has 1 aromatic carbocycles. The molecule has 4 fully saturated rings. The molecule has 0 unspecified atom stereocenters. The van der Waals surface area contributed by atoms with E-state index in [1.807, 2.05) is 13.0 Å². The predicted octanol–water partition coefficient (Wildman–Crippen LogP) is 5.39. The van der Waals surface area contributed by atoms with Crippen molar-refractivity contribution in [3.8, 4) is 0 Å². The molecule has 0 spiro atoms. The Morgan fingerprint density at radius 3 is 2.52 bits per heavy atom. The molecular weight excluding hydrogens is 634 g/mol. The van der Waals surface area contributed by atoms with E-state index in [9.17, 15) is 29.4 Å². The van der Waals surface area contributed by atoms with Crippen LogP contribution in [0, 0.1) is 34.5 Å². The summed E-state index contributed by atoms with van der Waals surface area (Å²) in [5.41, 5.74) is -0.529. The number of hydrogen-bond acceptors (Lipinski definition) is 8. The molecule has 0 bridgehead atoms. The summed E-state index contributed by atoms with van der Waals surface area (Å²) in [6, 6.07) is 10.4. The van der Waals surface area contributed by atoms with Gasteiger partial charge in [-0.15, -0.1) is 0 Å². The zero-order valence-electron chi connectivity index (χ0n) is 30.4. The van der Waals surface area contributed by atoms with E-state index in [2.05, 4.69) is 50.4 Å². The topological polar surface area (TPSA) is 139 Å². The Morgan fingerprint density at radius 2 is 1.78 bits per heavy atom. The second-order valence-electron chi connectivity index (χ2n) is 16.9. The Labute approximate surface area is 296 Å². The predicted molar refractivity (Wildman–Crippen MR) is 188 cm³/mol. The van der Waals surface area contributed by atoms with Crippen LogP contribution in [-0.2, 0) is 34.1 Å². The number of aliphatic hydroxyl groups is 2. The largest absolute Gasteiger partial charge is 0.458 e. The van der Waals surface area contributed by atoms with Crippen LogP contribution in [0.15, 0.2) is 42.0 Å². The fraction of sp³-hybridized carbons (Fsp3) is 0.707. The Hall–Kier alpha value is -2.88. The van der Waals surface area contributed by atoms with Gasteiger partial charge in [-0.25, -0.2) is 0 Å². The molecule has 1 aromatic rings. The SMILES string of the molecule is CC(C)[C@@H]1C[C@](CCNC(=O)CCC(=O)OCC(=O)[C@@]2(O)CC[C@@H]3[C@H]4CCC5=CC(=O)CC[C@]5(C)[C@@H]4[C@@H](O)C[C@@]32C)(c2ccccc2)CCO1. The van der Waals surface area contributed by atoms with Gasteiger partial charge in [-0.3, -0.25) is 19.2 Å². The number of nitrogens with one attached hydrogen (secondary N) is 1. The van der Waals surface area contributed by atoms with Crippen LogP contribution in [0.1, 0.15) is 110 Å². The minimum absolute atomic E-state index is 0.0207. The number of Topliss-reactive ketones (excluding diaryl/α,β-unsaturated/α-hetero) is 1. The second kappa shape index (κ2) is 14.3. The number of allylic oxidation sites excluding steroid dienone is 1. The van der Waals surface area contributed by atoms with Crippen molar-refractivity contribution in [1.29, 1.82) is 0 Å². The lowest BCUT2D eigenvalue weighted by atomic mass is 9.45. The van der Waals surface area contributed by atoms with Gasteiger partial charge in [-0.2, -0.15) is 0 Å². The molecule has 6 rings (SSSR count). The van der Waals surface area contributed by atoms with Gasteiger partial charge in [-0.1, -0.05) is 63.6 Å². The summed E-state index contributed by atoms with van der Waals surface area (Å²) in [7, 11) is 0. The molecule has 50 heavy (non-hydrogen) atoms. The lowest BCUT2D eigenvalue weighted by Crippen LogP contribution is -2.62. The van der Waals surface area contributed by atoms with Crippen LogP contribution in [0.4, 0.5) is 0 Å². The molecule has 3 saturated carbocycles. The first kappa shape index (κ1) is 36.9.